The third-order valence-electron chi connectivity index (χ3n) is 3.78. The number of imide groups is 1. The lowest BCUT2D eigenvalue weighted by molar-refractivity contribution is -0.121. The Bertz CT molecular complexity index is 814. The number of aromatic hydroxyl groups is 1. The summed E-state index contributed by atoms with van der Waals surface area (Å²) in [5.74, 6) is 0.315. The van der Waals surface area contributed by atoms with Gasteiger partial charge in [-0.1, -0.05) is 0 Å². The molecule has 0 aliphatic carbocycles. The van der Waals surface area contributed by atoms with Crippen LogP contribution in [-0.4, -0.2) is 35.2 Å². The fourth-order valence-electron chi connectivity index (χ4n) is 2.57. The zero-order valence-corrected chi connectivity index (χ0v) is 13.5. The number of pyridine rings is 1. The minimum atomic E-state index is -0.538. The largest absolute Gasteiger partial charge is 0.508 e. The second-order valence-corrected chi connectivity index (χ2v) is 5.55. The number of urea groups is 1. The molecule has 1 atom stereocenters. The van der Waals surface area contributed by atoms with Gasteiger partial charge in [0.05, 0.1) is 25.3 Å². The third-order valence-corrected chi connectivity index (χ3v) is 3.78. The highest BCUT2D eigenvalue weighted by molar-refractivity contribution is 5.97. The summed E-state index contributed by atoms with van der Waals surface area (Å²) in [6, 6.07) is 9.33. The Morgan fingerprint density at radius 3 is 2.72 bits per heavy atom. The molecule has 7 nitrogen and oxygen atoms in total. The topological polar surface area (TPSA) is 101 Å². The first kappa shape index (κ1) is 16.5. The summed E-state index contributed by atoms with van der Waals surface area (Å²) >= 11 is 0. The van der Waals surface area contributed by atoms with Crippen molar-refractivity contribution in [2.45, 2.75) is 12.5 Å². The van der Waals surface area contributed by atoms with Gasteiger partial charge in [0.25, 0.3) is 0 Å². The van der Waals surface area contributed by atoms with E-state index in [2.05, 4.69) is 15.6 Å². The van der Waals surface area contributed by atoms with Crippen molar-refractivity contribution < 1.29 is 19.4 Å². The molecular weight excluding hydrogens is 322 g/mol. The van der Waals surface area contributed by atoms with Crippen LogP contribution in [0.2, 0.25) is 0 Å². The number of nitrogens with zero attached hydrogens (tertiary/aromatic N) is 1. The molecule has 2 heterocycles. The minimum Gasteiger partial charge on any atom is -0.508 e. The minimum absolute atomic E-state index is 0.112. The third kappa shape index (κ3) is 3.95. The van der Waals surface area contributed by atoms with E-state index in [-0.39, 0.29) is 18.1 Å². The van der Waals surface area contributed by atoms with Gasteiger partial charge in [0.2, 0.25) is 5.91 Å². The van der Waals surface area contributed by atoms with Crippen LogP contribution in [0, 0.1) is 0 Å². The lowest BCUT2D eigenvalue weighted by Gasteiger charge is -2.24. The van der Waals surface area contributed by atoms with Crippen LogP contribution in [0.4, 0.5) is 4.79 Å². The second kappa shape index (κ2) is 7.04. The number of carbonyl (C=O) groups excluding carboxylic acids is 2. The van der Waals surface area contributed by atoms with E-state index in [0.29, 0.717) is 5.76 Å². The van der Waals surface area contributed by atoms with Crippen LogP contribution in [0.5, 0.6) is 5.75 Å². The number of hydrogen-bond donors (Lipinski definition) is 3. The van der Waals surface area contributed by atoms with Crippen molar-refractivity contribution in [1.29, 1.82) is 0 Å². The van der Waals surface area contributed by atoms with Crippen LogP contribution in [0.15, 0.2) is 48.4 Å². The maximum atomic E-state index is 11.5. The van der Waals surface area contributed by atoms with Crippen LogP contribution in [-0.2, 0) is 9.53 Å². The molecule has 0 bridgehead atoms. The van der Waals surface area contributed by atoms with E-state index in [4.69, 9.17) is 4.74 Å². The van der Waals surface area contributed by atoms with E-state index in [9.17, 15) is 14.7 Å². The monoisotopic (exact) mass is 339 g/mol. The lowest BCUT2D eigenvalue weighted by Crippen LogP contribution is -2.53. The van der Waals surface area contributed by atoms with Crippen molar-refractivity contribution in [3.8, 4) is 17.0 Å². The Morgan fingerprint density at radius 1 is 1.28 bits per heavy atom. The van der Waals surface area contributed by atoms with Gasteiger partial charge in [-0.3, -0.25) is 15.1 Å². The van der Waals surface area contributed by atoms with Crippen molar-refractivity contribution in [1.82, 2.24) is 15.6 Å². The Morgan fingerprint density at radius 2 is 2.04 bits per heavy atom. The van der Waals surface area contributed by atoms with E-state index >= 15 is 0 Å². The zero-order chi connectivity index (χ0) is 17.8. The number of ether oxygens (including phenoxy) is 1. The predicted octanol–water partition coefficient (Wildman–Crippen LogP) is 2.04. The Labute approximate surface area is 144 Å². The Balaban J connectivity index is 1.88. The molecule has 2 aromatic rings. The van der Waals surface area contributed by atoms with Crippen LogP contribution >= 0.6 is 0 Å². The smallest absolute Gasteiger partial charge is 0.322 e. The molecule has 1 saturated heterocycles. The molecule has 3 rings (SSSR count). The predicted molar refractivity (Wildman–Crippen MR) is 91.4 cm³/mol. The summed E-state index contributed by atoms with van der Waals surface area (Å²) in [7, 11) is 1.49. The Hall–Kier alpha value is -3.35. The van der Waals surface area contributed by atoms with Gasteiger partial charge < -0.3 is 15.2 Å². The molecular formula is C18H17N3O4. The molecule has 25 heavy (non-hydrogen) atoms. The average Bonchev–Trinajstić information content (AvgIpc) is 2.59. The lowest BCUT2D eigenvalue weighted by atomic mass is 10.1. The van der Waals surface area contributed by atoms with Crippen molar-refractivity contribution in [3.63, 3.8) is 0 Å². The van der Waals surface area contributed by atoms with E-state index in [1.165, 1.54) is 7.11 Å². The van der Waals surface area contributed by atoms with Gasteiger partial charge in [-0.05, 0) is 48.0 Å². The number of benzene rings is 1. The summed E-state index contributed by atoms with van der Waals surface area (Å²) in [6.45, 7) is 0. The van der Waals surface area contributed by atoms with E-state index in [1.807, 2.05) is 6.07 Å². The number of nitrogens with one attached hydrogen (secondary N) is 2. The van der Waals surface area contributed by atoms with Gasteiger partial charge >= 0.3 is 6.03 Å². The number of aromatic nitrogens is 1. The molecule has 1 aromatic carbocycles. The van der Waals surface area contributed by atoms with Gasteiger partial charge in [-0.15, -0.1) is 0 Å². The van der Waals surface area contributed by atoms with Crippen LogP contribution in [0.3, 0.4) is 0 Å². The summed E-state index contributed by atoms with van der Waals surface area (Å²) < 4.78 is 5.36. The molecule has 0 radical (unpaired) electrons. The van der Waals surface area contributed by atoms with Crippen LogP contribution in [0.1, 0.15) is 12.0 Å². The molecule has 128 valence electrons. The number of hydrogen-bond acceptors (Lipinski definition) is 5. The van der Waals surface area contributed by atoms with E-state index in [0.717, 1.165) is 16.8 Å². The summed E-state index contributed by atoms with van der Waals surface area (Å²) in [5, 5.41) is 14.2. The second-order valence-electron chi connectivity index (χ2n) is 5.55. The van der Waals surface area contributed by atoms with Crippen molar-refractivity contribution in [2.24, 2.45) is 0 Å². The first-order chi connectivity index (χ1) is 12.0. The van der Waals surface area contributed by atoms with Gasteiger partial charge in [0.15, 0.2) is 0 Å². The standard InChI is InChI=1S/C18H17N3O4/c1-25-16(15-10-17(23)21-18(24)20-15)9-11-6-7-19-14(8-11)12-2-4-13(22)5-3-12/h2-9,15,22H,10H2,1H3,(H2,20,21,23,24)/b16-9-. The zero-order valence-electron chi connectivity index (χ0n) is 13.5. The average molecular weight is 339 g/mol. The fraction of sp³-hybridized carbons (Fsp3) is 0.167. The van der Waals surface area contributed by atoms with Crippen LogP contribution in [0.25, 0.3) is 17.3 Å². The molecule has 7 heteroatoms. The highest BCUT2D eigenvalue weighted by atomic mass is 16.5. The van der Waals surface area contributed by atoms with Crippen molar-refractivity contribution in [2.75, 3.05) is 7.11 Å². The number of phenolic OH excluding ortho intramolecular Hbond substituents is 1. The van der Waals surface area contributed by atoms with Crippen molar-refractivity contribution >= 4 is 18.0 Å². The summed E-state index contributed by atoms with van der Waals surface area (Å²) in [5.41, 5.74) is 2.40. The quantitative estimate of drug-likeness (QED) is 0.740. The molecule has 1 unspecified atom stereocenters. The Kier molecular flexibility index (Phi) is 4.65. The molecule has 1 fully saturated rings. The molecule has 1 aliphatic rings. The molecule has 0 saturated carbocycles. The molecule has 0 spiro atoms. The number of carbonyl (C=O) groups is 2. The number of rotatable bonds is 4. The van der Waals surface area contributed by atoms with Gasteiger partial charge in [-0.2, -0.15) is 0 Å². The first-order valence-electron chi connectivity index (χ1n) is 7.66. The number of methoxy groups -OCH3 is 1. The van der Waals surface area contributed by atoms with E-state index in [1.54, 1.807) is 42.6 Å². The van der Waals surface area contributed by atoms with Crippen molar-refractivity contribution in [3.05, 3.63) is 53.9 Å². The summed E-state index contributed by atoms with van der Waals surface area (Å²) in [6.07, 6.45) is 3.53. The maximum Gasteiger partial charge on any atom is 0.322 e. The van der Waals surface area contributed by atoms with E-state index < -0.39 is 12.1 Å². The fourth-order valence-corrected chi connectivity index (χ4v) is 2.57. The molecule has 1 aliphatic heterocycles. The maximum absolute atomic E-state index is 11.5. The van der Waals surface area contributed by atoms with Gasteiger partial charge in [-0.25, -0.2) is 4.79 Å². The highest BCUT2D eigenvalue weighted by Gasteiger charge is 2.27. The first-order valence-corrected chi connectivity index (χ1v) is 7.66. The molecule has 3 N–H and O–H groups in total. The van der Waals surface area contributed by atoms with Gasteiger partial charge in [0, 0.05) is 11.8 Å². The highest BCUT2D eigenvalue weighted by Crippen LogP contribution is 2.22. The normalized spacial score (nSPS) is 17.6. The van der Waals surface area contributed by atoms with Crippen LogP contribution < -0.4 is 10.6 Å². The summed E-state index contributed by atoms with van der Waals surface area (Å²) in [4.78, 5) is 27.3. The molecule has 1 aromatic heterocycles. The molecule has 3 amide bonds. The van der Waals surface area contributed by atoms with Gasteiger partial charge in [0.1, 0.15) is 11.5 Å². The SMILES string of the molecule is CO/C(=C\c1ccnc(-c2ccc(O)cc2)c1)C1CC(=O)NC(=O)N1. The number of amides is 3. The number of phenols is 1.